The average Bonchev–Trinajstić information content (AvgIpc) is 3.36. The second-order valence-corrected chi connectivity index (χ2v) is 9.65. The highest BCUT2D eigenvalue weighted by Crippen LogP contribution is 2.34. The van der Waals surface area contributed by atoms with Crippen LogP contribution in [0.4, 0.5) is 4.39 Å². The standard InChI is InChI=1S/C24H30FN3O5/c1-14(2)13-18(19-23(30)33-24(3,4)32-19)22(29)28-11-9-16(10-12-28)21-27-26-20(31-21)15-5-7-17(25)8-6-15/h5-8,14,16,18-19H,9-13H2,1-4H3/t18-,19-/m0/s1. The number of carbonyl (C=O) groups excluding carboxylic acids is 2. The van der Waals surface area contributed by atoms with E-state index in [9.17, 15) is 14.0 Å². The Morgan fingerprint density at radius 3 is 2.42 bits per heavy atom. The summed E-state index contributed by atoms with van der Waals surface area (Å²) in [6.45, 7) is 8.45. The molecule has 1 amide bonds. The number of piperidine rings is 1. The van der Waals surface area contributed by atoms with Crippen LogP contribution in [-0.2, 0) is 19.1 Å². The molecule has 3 heterocycles. The van der Waals surface area contributed by atoms with Gasteiger partial charge in [0.15, 0.2) is 6.10 Å². The number of rotatable bonds is 6. The zero-order valence-electron chi connectivity index (χ0n) is 19.4. The Labute approximate surface area is 192 Å². The summed E-state index contributed by atoms with van der Waals surface area (Å²) in [6, 6.07) is 5.89. The number of carbonyl (C=O) groups is 2. The molecule has 0 N–H and O–H groups in total. The van der Waals surface area contributed by atoms with Gasteiger partial charge in [-0.25, -0.2) is 9.18 Å². The number of aromatic nitrogens is 2. The van der Waals surface area contributed by atoms with Crippen molar-refractivity contribution in [2.24, 2.45) is 11.8 Å². The van der Waals surface area contributed by atoms with Gasteiger partial charge in [-0.2, -0.15) is 0 Å². The lowest BCUT2D eigenvalue weighted by Crippen LogP contribution is -2.46. The van der Waals surface area contributed by atoms with Crippen molar-refractivity contribution in [3.63, 3.8) is 0 Å². The van der Waals surface area contributed by atoms with Crippen LogP contribution in [0.15, 0.2) is 28.7 Å². The van der Waals surface area contributed by atoms with Gasteiger partial charge in [-0.15, -0.1) is 10.2 Å². The highest BCUT2D eigenvalue weighted by Gasteiger charge is 2.48. The van der Waals surface area contributed by atoms with Crippen molar-refractivity contribution in [2.45, 2.75) is 64.8 Å². The largest absolute Gasteiger partial charge is 0.432 e. The minimum Gasteiger partial charge on any atom is -0.432 e. The number of benzene rings is 1. The van der Waals surface area contributed by atoms with Crippen LogP contribution in [0.5, 0.6) is 0 Å². The van der Waals surface area contributed by atoms with E-state index in [0.29, 0.717) is 49.7 Å². The van der Waals surface area contributed by atoms with Gasteiger partial charge in [-0.3, -0.25) is 4.79 Å². The van der Waals surface area contributed by atoms with E-state index in [2.05, 4.69) is 10.2 Å². The lowest BCUT2D eigenvalue weighted by molar-refractivity contribution is -0.163. The van der Waals surface area contributed by atoms with Gasteiger partial charge in [0.2, 0.25) is 23.5 Å². The molecule has 1 aromatic carbocycles. The number of halogens is 1. The number of nitrogens with zero attached hydrogens (tertiary/aromatic N) is 3. The minimum absolute atomic E-state index is 0.0333. The predicted octanol–water partition coefficient (Wildman–Crippen LogP) is 3.92. The number of hydrogen-bond acceptors (Lipinski definition) is 7. The Bertz CT molecular complexity index is 996. The van der Waals surface area contributed by atoms with E-state index in [1.54, 1.807) is 30.9 Å². The number of hydrogen-bond donors (Lipinski definition) is 0. The van der Waals surface area contributed by atoms with E-state index in [4.69, 9.17) is 13.9 Å². The first-order valence-corrected chi connectivity index (χ1v) is 11.4. The lowest BCUT2D eigenvalue weighted by atomic mass is 9.89. The first kappa shape index (κ1) is 23.4. The number of cyclic esters (lactones) is 1. The van der Waals surface area contributed by atoms with Crippen molar-refractivity contribution in [3.05, 3.63) is 36.0 Å². The van der Waals surface area contributed by atoms with Crippen molar-refractivity contribution in [1.29, 1.82) is 0 Å². The van der Waals surface area contributed by atoms with Crippen molar-refractivity contribution < 1.29 is 27.9 Å². The quantitative estimate of drug-likeness (QED) is 0.604. The predicted molar refractivity (Wildman–Crippen MR) is 116 cm³/mol. The maximum absolute atomic E-state index is 13.4. The molecule has 2 fully saturated rings. The topological polar surface area (TPSA) is 94.8 Å². The van der Waals surface area contributed by atoms with Gasteiger partial charge in [-0.05, 0) is 49.4 Å². The summed E-state index contributed by atoms with van der Waals surface area (Å²) in [6.07, 6.45) is 1.00. The molecule has 2 atom stereocenters. The molecule has 0 aliphatic carbocycles. The number of ether oxygens (including phenoxy) is 2. The molecule has 1 aromatic heterocycles. The third-order valence-corrected chi connectivity index (χ3v) is 6.09. The minimum atomic E-state index is -1.02. The molecular formula is C24H30FN3O5. The van der Waals surface area contributed by atoms with Crippen LogP contribution in [0.1, 0.15) is 58.8 Å². The number of esters is 1. The van der Waals surface area contributed by atoms with Crippen LogP contribution in [-0.4, -0.2) is 52.0 Å². The van der Waals surface area contributed by atoms with Gasteiger partial charge in [-0.1, -0.05) is 13.8 Å². The van der Waals surface area contributed by atoms with E-state index in [-0.39, 0.29) is 23.6 Å². The van der Waals surface area contributed by atoms with Gasteiger partial charge >= 0.3 is 5.97 Å². The van der Waals surface area contributed by atoms with E-state index in [1.165, 1.54) is 12.1 Å². The van der Waals surface area contributed by atoms with Crippen LogP contribution >= 0.6 is 0 Å². The fourth-order valence-electron chi connectivity index (χ4n) is 4.48. The van der Waals surface area contributed by atoms with Crippen LogP contribution in [0.2, 0.25) is 0 Å². The molecule has 2 aliphatic heterocycles. The molecule has 178 valence electrons. The fraction of sp³-hybridized carbons (Fsp3) is 0.583. The fourth-order valence-corrected chi connectivity index (χ4v) is 4.48. The van der Waals surface area contributed by atoms with E-state index in [0.717, 1.165) is 0 Å². The molecule has 0 spiro atoms. The van der Waals surface area contributed by atoms with Gasteiger partial charge in [0.05, 0.1) is 5.92 Å². The molecule has 2 saturated heterocycles. The molecule has 0 unspecified atom stereocenters. The first-order chi connectivity index (χ1) is 15.6. The summed E-state index contributed by atoms with van der Waals surface area (Å²) in [5.74, 6) is -1.37. The molecule has 0 saturated carbocycles. The smallest absolute Gasteiger partial charge is 0.338 e. The molecule has 2 aliphatic rings. The van der Waals surface area contributed by atoms with Gasteiger partial charge in [0.25, 0.3) is 0 Å². The average molecular weight is 460 g/mol. The Morgan fingerprint density at radius 2 is 1.85 bits per heavy atom. The highest BCUT2D eigenvalue weighted by atomic mass is 19.1. The highest BCUT2D eigenvalue weighted by molar-refractivity contribution is 5.87. The maximum Gasteiger partial charge on any atom is 0.338 e. The van der Waals surface area contributed by atoms with Crippen LogP contribution in [0.25, 0.3) is 11.5 Å². The van der Waals surface area contributed by atoms with E-state index in [1.807, 2.05) is 13.8 Å². The molecular weight excluding hydrogens is 429 g/mol. The van der Waals surface area contributed by atoms with Crippen molar-refractivity contribution in [1.82, 2.24) is 15.1 Å². The summed E-state index contributed by atoms with van der Waals surface area (Å²) in [5.41, 5.74) is 0.658. The lowest BCUT2D eigenvalue weighted by Gasteiger charge is -2.34. The third kappa shape index (κ3) is 5.24. The summed E-state index contributed by atoms with van der Waals surface area (Å²) in [7, 11) is 0. The van der Waals surface area contributed by atoms with Crippen molar-refractivity contribution in [3.8, 4) is 11.5 Å². The van der Waals surface area contributed by atoms with Gasteiger partial charge in [0.1, 0.15) is 5.82 Å². The summed E-state index contributed by atoms with van der Waals surface area (Å²) in [5, 5.41) is 8.27. The van der Waals surface area contributed by atoms with E-state index >= 15 is 0 Å². The zero-order chi connectivity index (χ0) is 23.8. The summed E-state index contributed by atoms with van der Waals surface area (Å²) in [4.78, 5) is 27.6. The van der Waals surface area contributed by atoms with Crippen LogP contribution in [0, 0.1) is 17.7 Å². The molecule has 0 radical (unpaired) electrons. The Hall–Kier alpha value is -2.81. The van der Waals surface area contributed by atoms with Crippen molar-refractivity contribution in [2.75, 3.05) is 13.1 Å². The van der Waals surface area contributed by atoms with Gasteiger partial charge in [0, 0.05) is 38.4 Å². The monoisotopic (exact) mass is 459 g/mol. The van der Waals surface area contributed by atoms with Crippen LogP contribution < -0.4 is 0 Å². The van der Waals surface area contributed by atoms with Gasteiger partial charge < -0.3 is 18.8 Å². The third-order valence-electron chi connectivity index (χ3n) is 6.09. The molecule has 33 heavy (non-hydrogen) atoms. The van der Waals surface area contributed by atoms with Crippen molar-refractivity contribution >= 4 is 11.9 Å². The number of amides is 1. The second kappa shape index (κ2) is 9.21. The first-order valence-electron chi connectivity index (χ1n) is 11.4. The zero-order valence-corrected chi connectivity index (χ0v) is 19.4. The van der Waals surface area contributed by atoms with Crippen LogP contribution in [0.3, 0.4) is 0 Å². The second-order valence-electron chi connectivity index (χ2n) is 9.65. The molecule has 2 aromatic rings. The molecule has 9 heteroatoms. The molecule has 0 bridgehead atoms. The normalized spacial score (nSPS) is 21.9. The SMILES string of the molecule is CC(C)C[C@H](C(=O)N1CCC(c2nnc(-c3ccc(F)cc3)o2)CC1)[C@@H]1OC(C)(C)OC1=O. The summed E-state index contributed by atoms with van der Waals surface area (Å²) < 4.78 is 30.1. The van der Waals surface area contributed by atoms with E-state index < -0.39 is 23.8 Å². The Morgan fingerprint density at radius 1 is 1.18 bits per heavy atom. The Balaban J connectivity index is 1.40. The number of likely N-dealkylation sites (tertiary alicyclic amines) is 1. The summed E-state index contributed by atoms with van der Waals surface area (Å²) >= 11 is 0. The molecule has 8 nitrogen and oxygen atoms in total. The Kier molecular flexibility index (Phi) is 6.52. The molecule has 4 rings (SSSR count). The maximum atomic E-state index is 13.4.